The van der Waals surface area contributed by atoms with Crippen LogP contribution < -0.4 is 10.1 Å². The Morgan fingerprint density at radius 1 is 1.33 bits per heavy atom. The highest BCUT2D eigenvalue weighted by molar-refractivity contribution is 5.52. The molecule has 1 N–H and O–H groups in total. The first-order chi connectivity index (χ1) is 8.83. The molecule has 1 aromatic heterocycles. The largest absolute Gasteiger partial charge is 0.493 e. The van der Waals surface area contributed by atoms with Crippen LogP contribution in [0, 0.1) is 0 Å². The molecule has 0 aliphatic carbocycles. The Balaban J connectivity index is 2.52. The molecule has 0 aliphatic rings. The first kappa shape index (κ1) is 14.8. The summed E-state index contributed by atoms with van der Waals surface area (Å²) in [5.41, 5.74) is 1.06. The molecule has 0 atom stereocenters. The van der Waals surface area contributed by atoms with Crippen molar-refractivity contribution in [3.05, 3.63) is 18.0 Å². The molecule has 0 bridgehead atoms. The molecule has 0 aliphatic heterocycles. The van der Waals surface area contributed by atoms with E-state index < -0.39 is 0 Å². The molecule has 0 spiro atoms. The van der Waals surface area contributed by atoms with Crippen LogP contribution in [0.15, 0.2) is 12.3 Å². The van der Waals surface area contributed by atoms with Gasteiger partial charge in [0.2, 0.25) is 0 Å². The molecule has 0 radical (unpaired) electrons. The van der Waals surface area contributed by atoms with E-state index in [0.29, 0.717) is 0 Å². The zero-order valence-electron chi connectivity index (χ0n) is 11.8. The minimum absolute atomic E-state index is 0.848. The van der Waals surface area contributed by atoms with Crippen LogP contribution in [0.5, 0.6) is 5.75 Å². The summed E-state index contributed by atoms with van der Waals surface area (Å²) in [6, 6.07) is 0. The number of aryl methyl sites for hydroxylation is 1. The highest BCUT2D eigenvalue weighted by Gasteiger charge is 2.06. The molecule has 0 saturated heterocycles. The lowest BCUT2D eigenvalue weighted by molar-refractivity contribution is 0.412. The molecule has 0 amide bonds. The molecular formula is C14H25N3O. The van der Waals surface area contributed by atoms with E-state index in [-0.39, 0.29) is 0 Å². The third kappa shape index (κ3) is 4.53. The fourth-order valence-electron chi connectivity index (χ4n) is 1.78. The molecule has 18 heavy (non-hydrogen) atoms. The van der Waals surface area contributed by atoms with Crippen LogP contribution in [0.3, 0.4) is 0 Å². The fraction of sp³-hybridized carbons (Fsp3) is 0.643. The molecular weight excluding hydrogens is 226 g/mol. The van der Waals surface area contributed by atoms with Gasteiger partial charge >= 0.3 is 0 Å². The molecule has 1 rings (SSSR count). The van der Waals surface area contributed by atoms with Crippen LogP contribution in [0.4, 0.5) is 0 Å². The predicted octanol–water partition coefficient (Wildman–Crippen LogP) is 2.70. The molecule has 0 unspecified atom stereocenters. The van der Waals surface area contributed by atoms with E-state index >= 15 is 0 Å². The summed E-state index contributed by atoms with van der Waals surface area (Å²) in [4.78, 5) is 0. The normalized spacial score (nSPS) is 11.3. The van der Waals surface area contributed by atoms with Crippen LogP contribution in [-0.2, 0) is 6.54 Å². The van der Waals surface area contributed by atoms with E-state index in [4.69, 9.17) is 4.74 Å². The second-order valence-corrected chi connectivity index (χ2v) is 4.26. The number of hydrogen-bond donors (Lipinski definition) is 1. The van der Waals surface area contributed by atoms with Gasteiger partial charge in [-0.15, -0.1) is 0 Å². The number of nitrogens with zero attached hydrogens (tertiary/aromatic N) is 2. The minimum atomic E-state index is 0.848. The van der Waals surface area contributed by atoms with Gasteiger partial charge < -0.3 is 10.1 Å². The van der Waals surface area contributed by atoms with Crippen molar-refractivity contribution < 1.29 is 4.74 Å². The van der Waals surface area contributed by atoms with Gasteiger partial charge in [-0.05, 0) is 38.4 Å². The summed E-state index contributed by atoms with van der Waals surface area (Å²) in [7, 11) is 1.69. The lowest BCUT2D eigenvalue weighted by Gasteiger charge is -2.04. The van der Waals surface area contributed by atoms with E-state index in [0.717, 1.165) is 43.9 Å². The summed E-state index contributed by atoms with van der Waals surface area (Å²) < 4.78 is 7.31. The summed E-state index contributed by atoms with van der Waals surface area (Å²) in [5, 5.41) is 7.71. The smallest absolute Gasteiger partial charge is 0.164 e. The van der Waals surface area contributed by atoms with Gasteiger partial charge in [0.25, 0.3) is 0 Å². The number of aromatic nitrogens is 2. The number of hydrogen-bond acceptors (Lipinski definition) is 3. The molecule has 102 valence electrons. The van der Waals surface area contributed by atoms with Crippen LogP contribution >= 0.6 is 0 Å². The van der Waals surface area contributed by atoms with Crippen LogP contribution in [-0.4, -0.2) is 30.0 Å². The Labute approximate surface area is 110 Å². The lowest BCUT2D eigenvalue weighted by atomic mass is 10.3. The molecule has 0 saturated carbocycles. The van der Waals surface area contributed by atoms with Crippen molar-refractivity contribution in [1.29, 1.82) is 0 Å². The summed E-state index contributed by atoms with van der Waals surface area (Å²) in [6.45, 7) is 7.37. The molecule has 0 aromatic carbocycles. The van der Waals surface area contributed by atoms with Crippen LogP contribution in [0.2, 0.25) is 0 Å². The standard InChI is InChI=1S/C14H25N3O/c1-4-9-15-10-7-6-8-13-14(18-3)12-16-17(13)11-5-2/h6,8,12,15H,4-5,7,9-11H2,1-3H3/b8-6+. The van der Waals surface area contributed by atoms with Gasteiger partial charge in [-0.3, -0.25) is 4.68 Å². The van der Waals surface area contributed by atoms with Crippen LogP contribution in [0.1, 0.15) is 38.8 Å². The van der Waals surface area contributed by atoms with Gasteiger partial charge in [0.05, 0.1) is 13.3 Å². The topological polar surface area (TPSA) is 39.1 Å². The van der Waals surface area contributed by atoms with Gasteiger partial charge in [0.1, 0.15) is 5.69 Å². The zero-order chi connectivity index (χ0) is 13.2. The molecule has 1 aromatic rings. The maximum atomic E-state index is 5.32. The van der Waals surface area contributed by atoms with Crippen molar-refractivity contribution in [2.24, 2.45) is 0 Å². The maximum absolute atomic E-state index is 5.32. The van der Waals surface area contributed by atoms with Crippen molar-refractivity contribution in [3.63, 3.8) is 0 Å². The van der Waals surface area contributed by atoms with E-state index in [2.05, 4.69) is 36.4 Å². The molecule has 0 fully saturated rings. The Kier molecular flexibility index (Phi) is 7.18. The quantitative estimate of drug-likeness (QED) is 0.686. The number of nitrogens with one attached hydrogen (secondary N) is 1. The average molecular weight is 251 g/mol. The monoisotopic (exact) mass is 251 g/mol. The zero-order valence-corrected chi connectivity index (χ0v) is 11.8. The summed E-state index contributed by atoms with van der Waals surface area (Å²) in [5.74, 6) is 0.848. The second-order valence-electron chi connectivity index (χ2n) is 4.26. The van der Waals surface area contributed by atoms with Gasteiger partial charge in [0.15, 0.2) is 5.75 Å². The average Bonchev–Trinajstić information content (AvgIpc) is 2.76. The summed E-state index contributed by atoms with van der Waals surface area (Å²) in [6.07, 6.45) is 9.35. The van der Waals surface area contributed by atoms with Gasteiger partial charge in [-0.2, -0.15) is 5.10 Å². The van der Waals surface area contributed by atoms with Crippen molar-refractivity contribution in [2.75, 3.05) is 20.2 Å². The maximum Gasteiger partial charge on any atom is 0.164 e. The highest BCUT2D eigenvalue weighted by Crippen LogP contribution is 2.19. The third-order valence-electron chi connectivity index (χ3n) is 2.69. The molecule has 1 heterocycles. The van der Waals surface area contributed by atoms with Crippen molar-refractivity contribution >= 4 is 6.08 Å². The van der Waals surface area contributed by atoms with Gasteiger partial charge in [-0.25, -0.2) is 0 Å². The van der Waals surface area contributed by atoms with E-state index in [1.54, 1.807) is 13.3 Å². The summed E-state index contributed by atoms with van der Waals surface area (Å²) >= 11 is 0. The Hall–Kier alpha value is -1.29. The Morgan fingerprint density at radius 3 is 2.83 bits per heavy atom. The number of rotatable bonds is 9. The van der Waals surface area contributed by atoms with Crippen molar-refractivity contribution in [3.8, 4) is 5.75 Å². The third-order valence-corrected chi connectivity index (χ3v) is 2.69. The van der Waals surface area contributed by atoms with E-state index in [1.165, 1.54) is 6.42 Å². The Morgan fingerprint density at radius 2 is 2.17 bits per heavy atom. The molecule has 4 heteroatoms. The second kappa shape index (κ2) is 8.75. The van der Waals surface area contributed by atoms with E-state index in [1.807, 2.05) is 4.68 Å². The Bertz CT molecular complexity index is 358. The highest BCUT2D eigenvalue weighted by atomic mass is 16.5. The minimum Gasteiger partial charge on any atom is -0.493 e. The molecule has 4 nitrogen and oxygen atoms in total. The number of methoxy groups -OCH3 is 1. The SMILES string of the molecule is CCCNCC/C=C/c1c(OC)cnn1CCC. The fourth-order valence-corrected chi connectivity index (χ4v) is 1.78. The van der Waals surface area contributed by atoms with Crippen molar-refractivity contribution in [2.45, 2.75) is 39.7 Å². The van der Waals surface area contributed by atoms with E-state index in [9.17, 15) is 0 Å². The van der Waals surface area contributed by atoms with Crippen molar-refractivity contribution in [1.82, 2.24) is 15.1 Å². The first-order valence-corrected chi connectivity index (χ1v) is 6.80. The van der Waals surface area contributed by atoms with Gasteiger partial charge in [-0.1, -0.05) is 19.9 Å². The van der Waals surface area contributed by atoms with Gasteiger partial charge in [0, 0.05) is 6.54 Å². The predicted molar refractivity (Wildman–Crippen MR) is 75.9 cm³/mol. The number of ether oxygens (including phenoxy) is 1. The first-order valence-electron chi connectivity index (χ1n) is 6.80. The lowest BCUT2D eigenvalue weighted by Crippen LogP contribution is -2.15. The van der Waals surface area contributed by atoms with Crippen LogP contribution in [0.25, 0.3) is 6.08 Å².